The highest BCUT2D eigenvalue weighted by Gasteiger charge is 2.15. The number of amides is 1. The molecule has 3 rings (SSSR count). The van der Waals surface area contributed by atoms with E-state index < -0.39 is 5.91 Å². The molecule has 3 aromatic rings. The third-order valence-electron chi connectivity index (χ3n) is 3.21. The Morgan fingerprint density at radius 1 is 1.04 bits per heavy atom. The molecular formula is C17H14BrN3O2. The quantitative estimate of drug-likeness (QED) is 0.738. The van der Waals surface area contributed by atoms with Gasteiger partial charge < -0.3 is 9.73 Å². The average molecular weight is 372 g/mol. The highest BCUT2D eigenvalue weighted by Crippen LogP contribution is 2.16. The van der Waals surface area contributed by atoms with Gasteiger partial charge in [-0.25, -0.2) is 0 Å². The number of anilines is 1. The second kappa shape index (κ2) is 7.19. The Hall–Kier alpha value is -2.47. The predicted octanol–water partition coefficient (Wildman–Crippen LogP) is 3.87. The van der Waals surface area contributed by atoms with Crippen LogP contribution in [0.2, 0.25) is 0 Å². The summed E-state index contributed by atoms with van der Waals surface area (Å²) in [5.74, 6) is 0.00263. The first-order valence-electron chi connectivity index (χ1n) is 7.14. The van der Waals surface area contributed by atoms with Crippen molar-refractivity contribution >= 4 is 27.5 Å². The van der Waals surface area contributed by atoms with Crippen LogP contribution < -0.4 is 5.32 Å². The molecule has 0 spiro atoms. The number of hydrogen-bond acceptors (Lipinski definition) is 4. The van der Waals surface area contributed by atoms with Crippen LogP contribution in [0.15, 0.2) is 63.5 Å². The Morgan fingerprint density at radius 3 is 2.65 bits per heavy atom. The first kappa shape index (κ1) is 15.4. The van der Waals surface area contributed by atoms with Gasteiger partial charge in [0, 0.05) is 16.6 Å². The molecule has 1 N–H and O–H groups in total. The third-order valence-corrected chi connectivity index (χ3v) is 3.71. The zero-order chi connectivity index (χ0) is 16.1. The second-order valence-corrected chi connectivity index (χ2v) is 5.87. The highest BCUT2D eigenvalue weighted by molar-refractivity contribution is 9.10. The third kappa shape index (κ3) is 4.26. The summed E-state index contributed by atoms with van der Waals surface area (Å²) in [6, 6.07) is 17.3. The molecule has 0 aliphatic rings. The molecule has 2 aromatic carbocycles. The molecular weight excluding hydrogens is 358 g/mol. The molecule has 1 heterocycles. The van der Waals surface area contributed by atoms with E-state index in [4.69, 9.17) is 4.42 Å². The van der Waals surface area contributed by atoms with Crippen molar-refractivity contribution in [2.75, 3.05) is 5.32 Å². The van der Waals surface area contributed by atoms with Crippen molar-refractivity contribution in [1.82, 2.24) is 10.2 Å². The maximum absolute atomic E-state index is 12.1. The van der Waals surface area contributed by atoms with E-state index in [2.05, 4.69) is 31.4 Å². The lowest BCUT2D eigenvalue weighted by atomic mass is 10.1. The molecule has 0 unspecified atom stereocenters. The Balaban J connectivity index is 1.61. The topological polar surface area (TPSA) is 68.0 Å². The van der Waals surface area contributed by atoms with Gasteiger partial charge in [-0.15, -0.1) is 10.2 Å². The minimum Gasteiger partial charge on any atom is -0.417 e. The maximum Gasteiger partial charge on any atom is 0.313 e. The van der Waals surface area contributed by atoms with Gasteiger partial charge in [-0.3, -0.25) is 4.79 Å². The predicted molar refractivity (Wildman–Crippen MR) is 90.2 cm³/mol. The SMILES string of the molecule is O=C(Nc1cccc(Br)c1)c1nnc(CCc2ccccc2)o1. The number of nitrogens with one attached hydrogen (secondary N) is 1. The van der Waals surface area contributed by atoms with E-state index in [1.54, 1.807) is 12.1 Å². The normalized spacial score (nSPS) is 10.5. The zero-order valence-corrected chi connectivity index (χ0v) is 13.8. The lowest BCUT2D eigenvalue weighted by Gasteiger charge is -2.02. The van der Waals surface area contributed by atoms with Crippen molar-refractivity contribution in [3.8, 4) is 0 Å². The van der Waals surface area contributed by atoms with Crippen LogP contribution in [0.25, 0.3) is 0 Å². The van der Waals surface area contributed by atoms with Gasteiger partial charge in [0.15, 0.2) is 0 Å². The van der Waals surface area contributed by atoms with Gasteiger partial charge in [0.05, 0.1) is 0 Å². The summed E-state index contributed by atoms with van der Waals surface area (Å²) in [4.78, 5) is 12.1. The van der Waals surface area contributed by atoms with E-state index >= 15 is 0 Å². The Morgan fingerprint density at radius 2 is 1.87 bits per heavy atom. The average Bonchev–Trinajstić information content (AvgIpc) is 3.03. The monoisotopic (exact) mass is 371 g/mol. The van der Waals surface area contributed by atoms with E-state index in [9.17, 15) is 4.79 Å². The van der Waals surface area contributed by atoms with Crippen molar-refractivity contribution < 1.29 is 9.21 Å². The lowest BCUT2D eigenvalue weighted by molar-refractivity contribution is 0.0988. The molecule has 0 bridgehead atoms. The van der Waals surface area contributed by atoms with Crippen LogP contribution in [0.5, 0.6) is 0 Å². The summed E-state index contributed by atoms with van der Waals surface area (Å²) >= 11 is 3.35. The molecule has 1 amide bonds. The van der Waals surface area contributed by atoms with Crippen molar-refractivity contribution in [3.63, 3.8) is 0 Å². The van der Waals surface area contributed by atoms with E-state index in [0.29, 0.717) is 18.0 Å². The summed E-state index contributed by atoms with van der Waals surface area (Å²) in [5.41, 5.74) is 1.85. The number of rotatable bonds is 5. The molecule has 0 radical (unpaired) electrons. The van der Waals surface area contributed by atoms with Crippen LogP contribution in [0.3, 0.4) is 0 Å². The van der Waals surface area contributed by atoms with Crippen LogP contribution in [-0.4, -0.2) is 16.1 Å². The second-order valence-electron chi connectivity index (χ2n) is 4.95. The minimum absolute atomic E-state index is 0.0342. The van der Waals surface area contributed by atoms with Gasteiger partial charge in [-0.2, -0.15) is 0 Å². The molecule has 1 aromatic heterocycles. The number of aryl methyl sites for hydroxylation is 2. The first-order valence-corrected chi connectivity index (χ1v) is 7.93. The summed E-state index contributed by atoms with van der Waals surface area (Å²) in [5, 5.41) is 10.5. The molecule has 23 heavy (non-hydrogen) atoms. The summed E-state index contributed by atoms with van der Waals surface area (Å²) in [6.45, 7) is 0. The molecule has 0 aliphatic carbocycles. The molecule has 0 fully saturated rings. The van der Waals surface area contributed by atoms with Gasteiger partial charge in [-0.1, -0.05) is 52.3 Å². The van der Waals surface area contributed by atoms with Crippen LogP contribution in [0.1, 0.15) is 22.1 Å². The molecule has 6 heteroatoms. The van der Waals surface area contributed by atoms with Gasteiger partial charge >= 0.3 is 11.8 Å². The van der Waals surface area contributed by atoms with Gasteiger partial charge in [0.1, 0.15) is 0 Å². The number of carbonyl (C=O) groups excluding carboxylic acids is 1. The smallest absolute Gasteiger partial charge is 0.313 e. The number of halogens is 1. The van der Waals surface area contributed by atoms with Gasteiger partial charge in [0.25, 0.3) is 0 Å². The standard InChI is InChI=1S/C17H14BrN3O2/c18-13-7-4-8-14(11-13)19-16(22)17-21-20-15(23-17)10-9-12-5-2-1-3-6-12/h1-8,11H,9-10H2,(H,19,22). The zero-order valence-electron chi connectivity index (χ0n) is 12.2. The van der Waals surface area contributed by atoms with Gasteiger partial charge in [-0.05, 0) is 30.2 Å². The van der Waals surface area contributed by atoms with Gasteiger partial charge in [0.2, 0.25) is 5.89 Å². The number of aromatic nitrogens is 2. The fourth-order valence-electron chi connectivity index (χ4n) is 2.09. The molecule has 0 atom stereocenters. The first-order chi connectivity index (χ1) is 11.2. The molecule has 0 saturated carbocycles. The number of hydrogen-bond donors (Lipinski definition) is 1. The summed E-state index contributed by atoms with van der Waals surface area (Å²) in [6.07, 6.45) is 1.39. The molecule has 5 nitrogen and oxygen atoms in total. The van der Waals surface area contributed by atoms with Crippen LogP contribution in [0.4, 0.5) is 5.69 Å². The molecule has 0 saturated heterocycles. The van der Waals surface area contributed by atoms with Crippen molar-refractivity contribution in [3.05, 3.63) is 76.4 Å². The Labute approximate surface area is 141 Å². The van der Waals surface area contributed by atoms with Crippen molar-refractivity contribution in [1.29, 1.82) is 0 Å². The molecule has 0 aliphatic heterocycles. The fraction of sp³-hybridized carbons (Fsp3) is 0.118. The van der Waals surface area contributed by atoms with Crippen LogP contribution in [-0.2, 0) is 12.8 Å². The number of benzene rings is 2. The summed E-state index contributed by atoms with van der Waals surface area (Å²) < 4.78 is 6.30. The van der Waals surface area contributed by atoms with E-state index in [1.165, 1.54) is 5.56 Å². The van der Waals surface area contributed by atoms with E-state index in [-0.39, 0.29) is 5.89 Å². The van der Waals surface area contributed by atoms with Crippen LogP contribution in [0, 0.1) is 0 Å². The highest BCUT2D eigenvalue weighted by atomic mass is 79.9. The minimum atomic E-state index is -0.415. The fourth-order valence-corrected chi connectivity index (χ4v) is 2.49. The number of nitrogens with zero attached hydrogens (tertiary/aromatic N) is 2. The van der Waals surface area contributed by atoms with E-state index in [0.717, 1.165) is 10.9 Å². The Kier molecular flexibility index (Phi) is 4.83. The van der Waals surface area contributed by atoms with Crippen molar-refractivity contribution in [2.45, 2.75) is 12.8 Å². The number of carbonyl (C=O) groups is 1. The van der Waals surface area contributed by atoms with E-state index in [1.807, 2.05) is 42.5 Å². The lowest BCUT2D eigenvalue weighted by Crippen LogP contribution is -2.12. The van der Waals surface area contributed by atoms with Crippen molar-refractivity contribution in [2.24, 2.45) is 0 Å². The molecule has 116 valence electrons. The maximum atomic E-state index is 12.1. The van der Waals surface area contributed by atoms with Crippen LogP contribution >= 0.6 is 15.9 Å². The summed E-state index contributed by atoms with van der Waals surface area (Å²) in [7, 11) is 0. The largest absolute Gasteiger partial charge is 0.417 e. The Bertz CT molecular complexity index is 802.